The minimum Gasteiger partial charge on any atom is -0.480 e. The fraction of sp³-hybridized carbons (Fsp3) is 0.379. The van der Waals surface area contributed by atoms with Gasteiger partial charge in [-0.15, -0.1) is 0 Å². The Kier molecular flexibility index (Phi) is 8.21. The summed E-state index contributed by atoms with van der Waals surface area (Å²) in [6.45, 7) is 4.45. The molecule has 2 amide bonds. The van der Waals surface area contributed by atoms with Crippen molar-refractivity contribution < 1.29 is 28.5 Å². The number of benzene rings is 1. The number of hydrogen-bond donors (Lipinski definition) is 3. The Balaban J connectivity index is 0.981. The number of cyclic esters (lactones) is 1. The molecule has 2 fully saturated rings. The van der Waals surface area contributed by atoms with Gasteiger partial charge in [0.1, 0.15) is 24.6 Å². The highest BCUT2D eigenvalue weighted by atomic mass is 16.6. The summed E-state index contributed by atoms with van der Waals surface area (Å²) in [6, 6.07) is 17.4. The first-order valence-electron chi connectivity index (χ1n) is 13.7. The van der Waals surface area contributed by atoms with Crippen LogP contribution in [0.2, 0.25) is 0 Å². The number of morpholine rings is 1. The average Bonchev–Trinajstić information content (AvgIpc) is 3.39. The van der Waals surface area contributed by atoms with Gasteiger partial charge in [-0.25, -0.2) is 14.8 Å². The Labute approximate surface area is 237 Å². The van der Waals surface area contributed by atoms with Crippen molar-refractivity contribution in [2.24, 2.45) is 0 Å². The molecule has 0 spiro atoms. The Morgan fingerprint density at radius 3 is 2.90 bits per heavy atom. The van der Waals surface area contributed by atoms with Gasteiger partial charge in [0.15, 0.2) is 18.2 Å². The molecule has 41 heavy (non-hydrogen) atoms. The Bertz CT molecular complexity index is 1400. The molecule has 1 unspecified atom stereocenters. The van der Waals surface area contributed by atoms with Gasteiger partial charge >= 0.3 is 6.09 Å². The van der Waals surface area contributed by atoms with Gasteiger partial charge in [0.05, 0.1) is 18.8 Å². The summed E-state index contributed by atoms with van der Waals surface area (Å²) >= 11 is 0. The number of carbonyl (C=O) groups is 2. The molecule has 1 aromatic carbocycles. The number of nitrogens with zero attached hydrogens (tertiary/aromatic N) is 3. The quantitative estimate of drug-likeness (QED) is 0.317. The first-order chi connectivity index (χ1) is 20.1. The number of ether oxygens (including phenoxy) is 4. The first kappa shape index (κ1) is 26.9. The van der Waals surface area contributed by atoms with Crippen LogP contribution in [0.4, 0.5) is 16.4 Å². The number of amides is 2. The van der Waals surface area contributed by atoms with E-state index in [2.05, 4.69) is 38.1 Å². The lowest BCUT2D eigenvalue weighted by Gasteiger charge is -2.23. The highest BCUT2D eigenvalue weighted by molar-refractivity contribution is 5.95. The van der Waals surface area contributed by atoms with Gasteiger partial charge in [-0.2, -0.15) is 0 Å². The predicted octanol–water partition coefficient (Wildman–Crippen LogP) is 2.35. The van der Waals surface area contributed by atoms with Crippen LogP contribution >= 0.6 is 0 Å². The minimum absolute atomic E-state index is 0.0269. The molecule has 2 atom stereocenters. The summed E-state index contributed by atoms with van der Waals surface area (Å²) < 4.78 is 22.5. The number of aromatic nitrogens is 2. The van der Waals surface area contributed by atoms with E-state index in [0.717, 1.165) is 29.9 Å². The highest BCUT2D eigenvalue weighted by Crippen LogP contribution is 2.30. The number of nitrogens with one attached hydrogen (secondary N) is 3. The zero-order valence-corrected chi connectivity index (χ0v) is 22.5. The maximum absolute atomic E-state index is 12.5. The van der Waals surface area contributed by atoms with E-state index in [9.17, 15) is 9.59 Å². The number of carbonyl (C=O) groups excluding carboxylic acids is 2. The van der Waals surface area contributed by atoms with Crippen LogP contribution in [-0.2, 0) is 20.8 Å². The standard InChI is InChI=1S/C29H32N6O6/c36-26-18-39-24-7-8-25(33-28(24)34-26)35-16-21(41-29(35)37)9-10-30-14-19-3-1-4-20(13-19)23-5-2-6-27(32-23)40-17-22-15-31-11-12-38-22/h1-8,13,21-22,30-31H,9-12,14-18H2,(H,33,34,36)/t21-,22?/m0/s1. The third kappa shape index (κ3) is 6.73. The maximum atomic E-state index is 12.5. The topological polar surface area (TPSA) is 136 Å². The Morgan fingerprint density at radius 2 is 2.00 bits per heavy atom. The molecule has 3 N–H and O–H groups in total. The monoisotopic (exact) mass is 560 g/mol. The highest BCUT2D eigenvalue weighted by Gasteiger charge is 2.33. The van der Waals surface area contributed by atoms with E-state index in [1.54, 1.807) is 12.1 Å². The van der Waals surface area contributed by atoms with Crippen LogP contribution in [0.15, 0.2) is 54.6 Å². The van der Waals surface area contributed by atoms with Crippen molar-refractivity contribution in [3.8, 4) is 22.9 Å². The van der Waals surface area contributed by atoms with Gasteiger partial charge in [0.25, 0.3) is 5.91 Å². The van der Waals surface area contributed by atoms with Crippen molar-refractivity contribution >= 4 is 23.6 Å². The third-order valence-electron chi connectivity index (χ3n) is 6.95. The molecule has 6 rings (SSSR count). The van der Waals surface area contributed by atoms with Gasteiger partial charge in [-0.3, -0.25) is 9.69 Å². The second-order valence-electron chi connectivity index (χ2n) is 10.0. The third-order valence-corrected chi connectivity index (χ3v) is 6.95. The fourth-order valence-electron chi connectivity index (χ4n) is 4.86. The molecule has 2 aromatic heterocycles. The SMILES string of the molecule is O=C1COc2ccc(N3C[C@H](CCNCc4cccc(-c5cccc(OCC6CNCCO6)n5)c4)OC3=O)nc2N1. The van der Waals surface area contributed by atoms with Gasteiger partial charge in [-0.1, -0.05) is 24.3 Å². The number of pyridine rings is 2. The molecular weight excluding hydrogens is 528 g/mol. The number of rotatable bonds is 10. The second kappa shape index (κ2) is 12.5. The van der Waals surface area contributed by atoms with E-state index < -0.39 is 6.09 Å². The number of hydrogen-bond acceptors (Lipinski definition) is 10. The van der Waals surface area contributed by atoms with Gasteiger partial charge in [-0.05, 0) is 42.8 Å². The van der Waals surface area contributed by atoms with Crippen LogP contribution in [0, 0.1) is 0 Å². The Hall–Kier alpha value is -4.26. The molecular formula is C29H32N6O6. The molecule has 3 aliphatic rings. The van der Waals surface area contributed by atoms with Crippen LogP contribution in [-0.4, -0.2) is 80.2 Å². The van der Waals surface area contributed by atoms with Crippen LogP contribution in [0.1, 0.15) is 12.0 Å². The Morgan fingerprint density at radius 1 is 1.07 bits per heavy atom. The lowest BCUT2D eigenvalue weighted by molar-refractivity contribution is -0.118. The summed E-state index contributed by atoms with van der Waals surface area (Å²) in [5.41, 5.74) is 2.96. The molecule has 12 heteroatoms. The summed E-state index contributed by atoms with van der Waals surface area (Å²) in [4.78, 5) is 34.6. The van der Waals surface area contributed by atoms with Gasteiger partial charge in [0, 0.05) is 31.3 Å². The lowest BCUT2D eigenvalue weighted by atomic mass is 10.1. The first-order valence-corrected chi connectivity index (χ1v) is 13.7. The molecule has 0 radical (unpaired) electrons. The van der Waals surface area contributed by atoms with Crippen molar-refractivity contribution in [1.29, 1.82) is 0 Å². The largest absolute Gasteiger partial charge is 0.480 e. The van der Waals surface area contributed by atoms with Crippen molar-refractivity contribution in [2.45, 2.75) is 25.2 Å². The average molecular weight is 561 g/mol. The van der Waals surface area contributed by atoms with Crippen LogP contribution < -0.4 is 30.3 Å². The molecule has 214 valence electrons. The van der Waals surface area contributed by atoms with Crippen LogP contribution in [0.25, 0.3) is 11.3 Å². The van der Waals surface area contributed by atoms with Crippen molar-refractivity contribution in [2.75, 3.05) is 56.2 Å². The van der Waals surface area contributed by atoms with E-state index >= 15 is 0 Å². The van der Waals surface area contributed by atoms with Gasteiger partial charge in [0.2, 0.25) is 5.88 Å². The number of anilines is 2. The maximum Gasteiger partial charge on any atom is 0.415 e. The van der Waals surface area contributed by atoms with Crippen LogP contribution in [0.5, 0.6) is 11.6 Å². The molecule has 12 nitrogen and oxygen atoms in total. The van der Waals surface area contributed by atoms with Crippen molar-refractivity contribution in [3.63, 3.8) is 0 Å². The predicted molar refractivity (Wildman–Crippen MR) is 150 cm³/mol. The summed E-state index contributed by atoms with van der Waals surface area (Å²) in [5, 5.41) is 9.40. The fourth-order valence-corrected chi connectivity index (χ4v) is 4.86. The van der Waals surface area contributed by atoms with Crippen molar-refractivity contribution in [1.82, 2.24) is 20.6 Å². The zero-order chi connectivity index (χ0) is 28.0. The van der Waals surface area contributed by atoms with E-state index in [4.69, 9.17) is 18.9 Å². The van der Waals surface area contributed by atoms with E-state index in [-0.39, 0.29) is 24.7 Å². The normalized spacial score (nSPS) is 20.1. The van der Waals surface area contributed by atoms with E-state index in [0.29, 0.717) is 62.5 Å². The number of fused-ring (bicyclic) bond motifs is 1. The molecule has 2 saturated heterocycles. The molecule has 0 saturated carbocycles. The van der Waals surface area contributed by atoms with Crippen LogP contribution in [0.3, 0.4) is 0 Å². The van der Waals surface area contributed by atoms with Gasteiger partial charge < -0.3 is 34.9 Å². The van der Waals surface area contributed by atoms with E-state index in [1.807, 2.05) is 30.3 Å². The summed E-state index contributed by atoms with van der Waals surface area (Å²) in [5.74, 6) is 1.49. The lowest BCUT2D eigenvalue weighted by Crippen LogP contribution is -2.41. The summed E-state index contributed by atoms with van der Waals surface area (Å²) in [7, 11) is 0. The molecule has 3 aromatic rings. The van der Waals surface area contributed by atoms with E-state index in [1.165, 1.54) is 4.90 Å². The smallest absolute Gasteiger partial charge is 0.415 e. The molecule has 5 heterocycles. The zero-order valence-electron chi connectivity index (χ0n) is 22.5. The molecule has 3 aliphatic heterocycles. The summed E-state index contributed by atoms with van der Waals surface area (Å²) in [6.07, 6.45) is -0.0564. The van der Waals surface area contributed by atoms with Crippen molar-refractivity contribution in [3.05, 3.63) is 60.2 Å². The minimum atomic E-state index is -0.458. The second-order valence-corrected chi connectivity index (χ2v) is 10.0. The molecule has 0 bridgehead atoms. The molecule has 0 aliphatic carbocycles.